The van der Waals surface area contributed by atoms with Crippen LogP contribution in [0.1, 0.15) is 46.0 Å². The van der Waals surface area contributed by atoms with Crippen LogP contribution >= 0.6 is 0 Å². The predicted molar refractivity (Wildman–Crippen MR) is 67.8 cm³/mol. The number of aliphatic hydroxyl groups is 1. The van der Waals surface area contributed by atoms with Crippen molar-refractivity contribution in [3.8, 4) is 0 Å². The number of carbonyl (C=O) groups is 1. The molecule has 4 aliphatic rings. The molecule has 100 valence electrons. The van der Waals surface area contributed by atoms with Gasteiger partial charge >= 0.3 is 5.97 Å². The van der Waals surface area contributed by atoms with Crippen molar-refractivity contribution in [1.29, 1.82) is 0 Å². The van der Waals surface area contributed by atoms with Gasteiger partial charge in [0, 0.05) is 11.5 Å². The van der Waals surface area contributed by atoms with Gasteiger partial charge in [0.25, 0.3) is 0 Å². The van der Waals surface area contributed by atoms with E-state index in [-0.39, 0.29) is 11.4 Å². The van der Waals surface area contributed by atoms with Crippen molar-refractivity contribution in [2.75, 3.05) is 0 Å². The number of ether oxygens (including phenoxy) is 1. The molecule has 4 saturated carbocycles. The molecule has 4 aliphatic carbocycles. The lowest BCUT2D eigenvalue weighted by Gasteiger charge is -2.67. The molecule has 0 saturated heterocycles. The normalized spacial score (nSPS) is 47.9. The van der Waals surface area contributed by atoms with Crippen LogP contribution in [0.5, 0.6) is 0 Å². The molecule has 4 rings (SSSR count). The van der Waals surface area contributed by atoms with E-state index in [2.05, 4.69) is 20.4 Å². The van der Waals surface area contributed by atoms with Crippen LogP contribution in [-0.4, -0.2) is 22.3 Å². The highest BCUT2D eigenvalue weighted by Gasteiger charge is 2.69. The Labute approximate surface area is 108 Å². The van der Waals surface area contributed by atoms with Crippen LogP contribution in [0.4, 0.5) is 0 Å². The highest BCUT2D eigenvalue weighted by atomic mass is 16.6. The minimum Gasteiger partial charge on any atom is -0.455 e. The second-order valence-electron chi connectivity index (χ2n) is 7.06. The summed E-state index contributed by atoms with van der Waals surface area (Å²) in [4.78, 5) is 11.7. The summed E-state index contributed by atoms with van der Waals surface area (Å²) < 4.78 is 5.76. The third kappa shape index (κ3) is 1.31. The summed E-state index contributed by atoms with van der Waals surface area (Å²) in [6.07, 6.45) is 5.95. The molecule has 0 aromatic rings. The summed E-state index contributed by atoms with van der Waals surface area (Å²) >= 11 is 0. The summed E-state index contributed by atoms with van der Waals surface area (Å²) in [6.45, 7) is 7.60. The van der Waals surface area contributed by atoms with Gasteiger partial charge in [0.05, 0.1) is 5.60 Å². The SMILES string of the molecule is C=CC(=O)OC12CC3CC(CC(O)(C3)C1(C)C)C2. The van der Waals surface area contributed by atoms with Gasteiger partial charge in [-0.3, -0.25) is 0 Å². The summed E-state index contributed by atoms with van der Waals surface area (Å²) in [5, 5.41) is 11.0. The summed E-state index contributed by atoms with van der Waals surface area (Å²) in [5.41, 5.74) is -1.53. The standard InChI is InChI=1S/C15H22O3/c1-4-12(16)18-15-8-10-5-11(9-15)7-14(17,6-10)13(15,2)3/h4,10-11,17H,1,5-9H2,2-3H3. The zero-order chi connectivity index (χ0) is 13.2. The van der Waals surface area contributed by atoms with Crippen molar-refractivity contribution in [2.24, 2.45) is 17.3 Å². The molecule has 0 heterocycles. The van der Waals surface area contributed by atoms with Crippen molar-refractivity contribution >= 4 is 5.97 Å². The fraction of sp³-hybridized carbons (Fsp3) is 0.800. The average molecular weight is 250 g/mol. The van der Waals surface area contributed by atoms with Gasteiger partial charge in [-0.25, -0.2) is 4.79 Å². The predicted octanol–water partition coefficient (Wildman–Crippen LogP) is 2.44. The fourth-order valence-corrected chi connectivity index (χ4v) is 4.89. The molecular weight excluding hydrogens is 228 g/mol. The Bertz CT molecular complexity index is 396. The van der Waals surface area contributed by atoms with E-state index in [9.17, 15) is 9.90 Å². The van der Waals surface area contributed by atoms with Gasteiger partial charge in [-0.05, 0) is 43.9 Å². The van der Waals surface area contributed by atoms with Crippen molar-refractivity contribution in [3.05, 3.63) is 12.7 Å². The van der Waals surface area contributed by atoms with Crippen LogP contribution in [0, 0.1) is 17.3 Å². The molecule has 1 N–H and O–H groups in total. The molecule has 0 spiro atoms. The number of carbonyl (C=O) groups excluding carboxylic acids is 1. The highest BCUT2D eigenvalue weighted by Crippen LogP contribution is 2.66. The maximum absolute atomic E-state index is 11.7. The first-order valence-electron chi connectivity index (χ1n) is 6.90. The zero-order valence-corrected chi connectivity index (χ0v) is 11.2. The number of rotatable bonds is 2. The lowest BCUT2D eigenvalue weighted by Crippen LogP contribution is -2.71. The van der Waals surface area contributed by atoms with E-state index in [4.69, 9.17) is 4.74 Å². The highest BCUT2D eigenvalue weighted by molar-refractivity contribution is 5.81. The van der Waals surface area contributed by atoms with Crippen LogP contribution in [-0.2, 0) is 9.53 Å². The third-order valence-electron chi connectivity index (χ3n) is 5.92. The quantitative estimate of drug-likeness (QED) is 0.605. The number of hydrogen-bond acceptors (Lipinski definition) is 3. The summed E-state index contributed by atoms with van der Waals surface area (Å²) in [7, 11) is 0. The molecule has 3 nitrogen and oxygen atoms in total. The van der Waals surface area contributed by atoms with Gasteiger partial charge in [0.2, 0.25) is 0 Å². The second kappa shape index (κ2) is 3.38. The number of esters is 1. The second-order valence-corrected chi connectivity index (χ2v) is 7.06. The van der Waals surface area contributed by atoms with Gasteiger partial charge in [0.15, 0.2) is 0 Å². The molecule has 18 heavy (non-hydrogen) atoms. The van der Waals surface area contributed by atoms with E-state index in [1.165, 1.54) is 12.5 Å². The molecular formula is C15H22O3. The topological polar surface area (TPSA) is 46.5 Å². The molecule has 2 atom stereocenters. The largest absolute Gasteiger partial charge is 0.455 e. The Kier molecular flexibility index (Phi) is 2.30. The molecule has 4 bridgehead atoms. The van der Waals surface area contributed by atoms with Gasteiger partial charge in [-0.15, -0.1) is 0 Å². The molecule has 0 aromatic carbocycles. The average Bonchev–Trinajstić information content (AvgIpc) is 2.25. The minimum absolute atomic E-state index is 0.353. The fourth-order valence-electron chi connectivity index (χ4n) is 4.89. The van der Waals surface area contributed by atoms with Crippen molar-refractivity contribution in [2.45, 2.75) is 57.2 Å². The van der Waals surface area contributed by atoms with Crippen LogP contribution in [0.3, 0.4) is 0 Å². The van der Waals surface area contributed by atoms with Gasteiger partial charge in [0.1, 0.15) is 5.60 Å². The Hall–Kier alpha value is -0.830. The van der Waals surface area contributed by atoms with Gasteiger partial charge in [-0.2, -0.15) is 0 Å². The zero-order valence-electron chi connectivity index (χ0n) is 11.2. The molecule has 2 unspecified atom stereocenters. The lowest BCUT2D eigenvalue weighted by molar-refractivity contribution is -0.289. The Morgan fingerprint density at radius 3 is 2.33 bits per heavy atom. The van der Waals surface area contributed by atoms with E-state index in [1.54, 1.807) is 0 Å². The molecule has 4 fully saturated rings. The Balaban J connectivity index is 2.02. The van der Waals surface area contributed by atoms with Crippen molar-refractivity contribution in [1.82, 2.24) is 0 Å². The first-order valence-corrected chi connectivity index (χ1v) is 6.90. The van der Waals surface area contributed by atoms with Gasteiger partial charge in [-0.1, -0.05) is 20.4 Å². The first-order chi connectivity index (χ1) is 8.32. The molecule has 0 aliphatic heterocycles. The first kappa shape index (κ1) is 12.2. The monoisotopic (exact) mass is 250 g/mol. The molecule has 3 heteroatoms. The molecule has 0 amide bonds. The Morgan fingerprint density at radius 2 is 1.83 bits per heavy atom. The van der Waals surface area contributed by atoms with Crippen molar-refractivity contribution < 1.29 is 14.6 Å². The van der Waals surface area contributed by atoms with Crippen LogP contribution in [0.2, 0.25) is 0 Å². The van der Waals surface area contributed by atoms with E-state index in [1.807, 2.05) is 0 Å². The maximum Gasteiger partial charge on any atom is 0.330 e. The van der Waals surface area contributed by atoms with Crippen LogP contribution < -0.4 is 0 Å². The van der Waals surface area contributed by atoms with Crippen molar-refractivity contribution in [3.63, 3.8) is 0 Å². The molecule has 0 aromatic heterocycles. The maximum atomic E-state index is 11.7. The van der Waals surface area contributed by atoms with E-state index < -0.39 is 11.2 Å². The van der Waals surface area contributed by atoms with Gasteiger partial charge < -0.3 is 9.84 Å². The summed E-state index contributed by atoms with van der Waals surface area (Å²) in [5.74, 6) is 0.662. The van der Waals surface area contributed by atoms with E-state index in [0.717, 1.165) is 25.7 Å². The van der Waals surface area contributed by atoms with E-state index in [0.29, 0.717) is 11.8 Å². The molecule has 0 radical (unpaired) electrons. The minimum atomic E-state index is -0.668. The summed E-state index contributed by atoms with van der Waals surface area (Å²) in [6, 6.07) is 0. The Morgan fingerprint density at radius 1 is 1.28 bits per heavy atom. The van der Waals surface area contributed by atoms with Crippen LogP contribution in [0.25, 0.3) is 0 Å². The lowest BCUT2D eigenvalue weighted by atomic mass is 9.42. The van der Waals surface area contributed by atoms with Crippen LogP contribution in [0.15, 0.2) is 12.7 Å². The smallest absolute Gasteiger partial charge is 0.330 e. The third-order valence-corrected chi connectivity index (χ3v) is 5.92. The van der Waals surface area contributed by atoms with E-state index >= 15 is 0 Å². The number of hydrogen-bond donors (Lipinski definition) is 1.